The number of hydrogen-bond donors (Lipinski definition) is 2. The van der Waals surface area contributed by atoms with Crippen molar-refractivity contribution >= 4 is 23.3 Å². The number of likely N-dealkylation sites (tertiary alicyclic amines) is 1. The lowest BCUT2D eigenvalue weighted by atomic mass is 9.97. The number of aromatic nitrogens is 1. The number of hydrogen-bond acceptors (Lipinski definition) is 5. The zero-order chi connectivity index (χ0) is 18.5. The van der Waals surface area contributed by atoms with Gasteiger partial charge in [0.05, 0.1) is 24.3 Å². The van der Waals surface area contributed by atoms with Crippen molar-refractivity contribution in [2.45, 2.75) is 12.8 Å². The van der Waals surface area contributed by atoms with Gasteiger partial charge < -0.3 is 20.7 Å². The first-order valence-corrected chi connectivity index (χ1v) is 8.54. The monoisotopic (exact) mass is 354 g/mol. The molecule has 2 heterocycles. The SMILES string of the molecule is COc1ccccc1Nc1ncccc1C(=O)N1CCCC(C(N)=O)C1. The highest BCUT2D eigenvalue weighted by atomic mass is 16.5. The zero-order valence-corrected chi connectivity index (χ0v) is 14.6. The molecule has 1 saturated heterocycles. The Hall–Kier alpha value is -3.09. The molecule has 1 unspecified atom stereocenters. The maximum atomic E-state index is 13.0. The van der Waals surface area contributed by atoms with E-state index in [4.69, 9.17) is 10.5 Å². The van der Waals surface area contributed by atoms with Crippen molar-refractivity contribution in [2.75, 3.05) is 25.5 Å². The van der Waals surface area contributed by atoms with Crippen LogP contribution in [0.5, 0.6) is 5.75 Å². The van der Waals surface area contributed by atoms with E-state index >= 15 is 0 Å². The van der Waals surface area contributed by atoms with Crippen molar-refractivity contribution in [3.8, 4) is 5.75 Å². The van der Waals surface area contributed by atoms with Crippen LogP contribution in [0.4, 0.5) is 11.5 Å². The number of ether oxygens (including phenoxy) is 1. The number of carbonyl (C=O) groups excluding carboxylic acids is 2. The molecule has 0 spiro atoms. The fraction of sp³-hybridized carbons (Fsp3) is 0.316. The molecule has 1 aromatic carbocycles. The van der Waals surface area contributed by atoms with E-state index in [2.05, 4.69) is 10.3 Å². The number of methoxy groups -OCH3 is 1. The van der Waals surface area contributed by atoms with Crippen LogP contribution in [0, 0.1) is 5.92 Å². The van der Waals surface area contributed by atoms with Crippen molar-refractivity contribution in [1.29, 1.82) is 0 Å². The van der Waals surface area contributed by atoms with Gasteiger partial charge in [-0.05, 0) is 37.1 Å². The number of amides is 2. The molecule has 7 heteroatoms. The summed E-state index contributed by atoms with van der Waals surface area (Å²) in [6, 6.07) is 10.9. The predicted octanol–water partition coefficient (Wildman–Crippen LogP) is 2.17. The maximum absolute atomic E-state index is 13.0. The van der Waals surface area contributed by atoms with Gasteiger partial charge in [0.1, 0.15) is 11.6 Å². The molecular formula is C19H22N4O3. The molecule has 0 saturated carbocycles. The summed E-state index contributed by atoms with van der Waals surface area (Å²) in [7, 11) is 1.59. The minimum absolute atomic E-state index is 0.165. The first kappa shape index (κ1) is 17.7. The minimum Gasteiger partial charge on any atom is -0.495 e. The van der Waals surface area contributed by atoms with Gasteiger partial charge in [-0.3, -0.25) is 9.59 Å². The standard InChI is InChI=1S/C19H22N4O3/c1-26-16-9-3-2-8-15(16)22-18-14(7-4-10-21-18)19(25)23-11-5-6-13(12-23)17(20)24/h2-4,7-10,13H,5-6,11-12H2,1H3,(H2,20,24)(H,21,22). The van der Waals surface area contributed by atoms with Crippen LogP contribution in [0.2, 0.25) is 0 Å². The van der Waals surface area contributed by atoms with E-state index in [9.17, 15) is 9.59 Å². The number of carbonyl (C=O) groups is 2. The molecule has 3 N–H and O–H groups in total. The number of piperidine rings is 1. The van der Waals surface area contributed by atoms with Crippen molar-refractivity contribution in [1.82, 2.24) is 9.88 Å². The van der Waals surface area contributed by atoms with Crippen LogP contribution >= 0.6 is 0 Å². The number of rotatable bonds is 5. The second-order valence-electron chi connectivity index (χ2n) is 6.22. The van der Waals surface area contributed by atoms with Crippen LogP contribution in [0.15, 0.2) is 42.6 Å². The summed E-state index contributed by atoms with van der Waals surface area (Å²) in [5.74, 6) is 0.281. The molecule has 7 nitrogen and oxygen atoms in total. The second-order valence-corrected chi connectivity index (χ2v) is 6.22. The summed E-state index contributed by atoms with van der Waals surface area (Å²) >= 11 is 0. The summed E-state index contributed by atoms with van der Waals surface area (Å²) in [4.78, 5) is 30.5. The average Bonchev–Trinajstić information content (AvgIpc) is 2.68. The van der Waals surface area contributed by atoms with Gasteiger partial charge in [-0.2, -0.15) is 0 Å². The van der Waals surface area contributed by atoms with E-state index in [1.807, 2.05) is 24.3 Å². The number of primary amides is 1. The Morgan fingerprint density at radius 3 is 2.85 bits per heavy atom. The van der Waals surface area contributed by atoms with Crippen LogP contribution < -0.4 is 15.8 Å². The van der Waals surface area contributed by atoms with Crippen molar-refractivity contribution in [3.63, 3.8) is 0 Å². The molecule has 2 aromatic rings. The fourth-order valence-electron chi connectivity index (χ4n) is 3.12. The van der Waals surface area contributed by atoms with Gasteiger partial charge in [-0.25, -0.2) is 4.98 Å². The molecule has 136 valence electrons. The highest BCUT2D eigenvalue weighted by Gasteiger charge is 2.28. The van der Waals surface area contributed by atoms with Gasteiger partial charge in [0, 0.05) is 19.3 Å². The molecule has 1 aliphatic heterocycles. The van der Waals surface area contributed by atoms with Gasteiger partial charge in [-0.15, -0.1) is 0 Å². The van der Waals surface area contributed by atoms with E-state index in [1.165, 1.54) is 0 Å². The van der Waals surface area contributed by atoms with Gasteiger partial charge in [0.2, 0.25) is 5.91 Å². The number of nitrogens with one attached hydrogen (secondary N) is 1. The van der Waals surface area contributed by atoms with Crippen LogP contribution in [0.1, 0.15) is 23.2 Å². The Balaban J connectivity index is 1.85. The summed E-state index contributed by atoms with van der Waals surface area (Å²) in [6.07, 6.45) is 3.10. The van der Waals surface area contributed by atoms with Gasteiger partial charge in [0.15, 0.2) is 0 Å². The number of benzene rings is 1. The van der Waals surface area contributed by atoms with Crippen molar-refractivity contribution in [2.24, 2.45) is 11.7 Å². The predicted molar refractivity (Wildman–Crippen MR) is 98.3 cm³/mol. The first-order valence-electron chi connectivity index (χ1n) is 8.54. The second kappa shape index (κ2) is 7.86. The fourth-order valence-corrected chi connectivity index (χ4v) is 3.12. The van der Waals surface area contributed by atoms with Crippen LogP contribution in [0.25, 0.3) is 0 Å². The third kappa shape index (κ3) is 3.77. The number of pyridine rings is 1. The third-order valence-corrected chi connectivity index (χ3v) is 4.51. The number of para-hydroxylation sites is 2. The van der Waals surface area contributed by atoms with E-state index in [0.29, 0.717) is 30.2 Å². The normalized spacial score (nSPS) is 16.8. The number of anilines is 2. The Kier molecular flexibility index (Phi) is 5.36. The molecule has 2 amide bonds. The Bertz CT molecular complexity index is 809. The average molecular weight is 354 g/mol. The molecule has 1 aliphatic rings. The molecule has 0 radical (unpaired) electrons. The third-order valence-electron chi connectivity index (χ3n) is 4.51. The van der Waals surface area contributed by atoms with Gasteiger partial charge in [-0.1, -0.05) is 12.1 Å². The van der Waals surface area contributed by atoms with E-state index in [1.54, 1.807) is 30.3 Å². The molecule has 0 bridgehead atoms. The zero-order valence-electron chi connectivity index (χ0n) is 14.6. The minimum atomic E-state index is -0.360. The number of nitrogens with zero attached hydrogens (tertiary/aromatic N) is 2. The lowest BCUT2D eigenvalue weighted by Crippen LogP contribution is -2.44. The van der Waals surface area contributed by atoms with E-state index in [0.717, 1.165) is 18.5 Å². The molecule has 0 aliphatic carbocycles. The van der Waals surface area contributed by atoms with Crippen LogP contribution in [-0.2, 0) is 4.79 Å². The molecule has 1 fully saturated rings. The number of nitrogens with two attached hydrogens (primary N) is 1. The van der Waals surface area contributed by atoms with Crippen molar-refractivity contribution in [3.05, 3.63) is 48.2 Å². The maximum Gasteiger partial charge on any atom is 0.257 e. The van der Waals surface area contributed by atoms with Crippen LogP contribution in [-0.4, -0.2) is 41.9 Å². The highest BCUT2D eigenvalue weighted by Crippen LogP contribution is 2.28. The topological polar surface area (TPSA) is 97.6 Å². The van der Waals surface area contributed by atoms with Crippen LogP contribution in [0.3, 0.4) is 0 Å². The largest absolute Gasteiger partial charge is 0.495 e. The quantitative estimate of drug-likeness (QED) is 0.858. The first-order chi connectivity index (χ1) is 12.6. The molecule has 1 aromatic heterocycles. The summed E-state index contributed by atoms with van der Waals surface area (Å²) in [5, 5.41) is 3.17. The summed E-state index contributed by atoms with van der Waals surface area (Å²) in [6.45, 7) is 0.947. The molecule has 26 heavy (non-hydrogen) atoms. The summed E-state index contributed by atoms with van der Waals surface area (Å²) in [5.41, 5.74) is 6.58. The molecule has 3 rings (SSSR count). The van der Waals surface area contributed by atoms with Gasteiger partial charge >= 0.3 is 0 Å². The van der Waals surface area contributed by atoms with Crippen molar-refractivity contribution < 1.29 is 14.3 Å². The van der Waals surface area contributed by atoms with E-state index in [-0.39, 0.29) is 17.7 Å². The molecular weight excluding hydrogens is 332 g/mol. The Morgan fingerprint density at radius 1 is 1.27 bits per heavy atom. The smallest absolute Gasteiger partial charge is 0.257 e. The van der Waals surface area contributed by atoms with E-state index < -0.39 is 0 Å². The molecule has 1 atom stereocenters. The Labute approximate surface area is 152 Å². The lowest BCUT2D eigenvalue weighted by Gasteiger charge is -2.31. The summed E-state index contributed by atoms with van der Waals surface area (Å²) < 4.78 is 5.34. The Morgan fingerprint density at radius 2 is 2.08 bits per heavy atom. The lowest BCUT2D eigenvalue weighted by molar-refractivity contribution is -0.123. The highest BCUT2D eigenvalue weighted by molar-refractivity contribution is 5.99. The van der Waals surface area contributed by atoms with Gasteiger partial charge in [0.25, 0.3) is 5.91 Å².